The van der Waals surface area contributed by atoms with Gasteiger partial charge in [-0.2, -0.15) is 0 Å². The van der Waals surface area contributed by atoms with Crippen LogP contribution in [0.25, 0.3) is 0 Å². The van der Waals surface area contributed by atoms with Crippen molar-refractivity contribution in [3.8, 4) is 11.5 Å². The van der Waals surface area contributed by atoms with Gasteiger partial charge in [0.2, 0.25) is 11.8 Å². The van der Waals surface area contributed by atoms with Crippen LogP contribution < -0.4 is 14.8 Å². The zero-order valence-corrected chi connectivity index (χ0v) is 13.1. The average molecular weight is 306 g/mol. The molecule has 2 amide bonds. The Balaban J connectivity index is 2.00. The maximum atomic E-state index is 12.2. The van der Waals surface area contributed by atoms with Crippen LogP contribution in [-0.4, -0.2) is 44.0 Å². The van der Waals surface area contributed by atoms with E-state index >= 15 is 0 Å². The summed E-state index contributed by atoms with van der Waals surface area (Å²) in [4.78, 5) is 25.7. The number of carbonyl (C=O) groups excluding carboxylic acids is 2. The van der Waals surface area contributed by atoms with E-state index in [4.69, 9.17) is 9.47 Å². The van der Waals surface area contributed by atoms with Gasteiger partial charge in [0.1, 0.15) is 11.5 Å². The van der Waals surface area contributed by atoms with Crippen molar-refractivity contribution < 1.29 is 19.1 Å². The Morgan fingerprint density at radius 2 is 2.05 bits per heavy atom. The molecule has 1 aliphatic heterocycles. The molecule has 1 heterocycles. The van der Waals surface area contributed by atoms with Gasteiger partial charge in [-0.3, -0.25) is 9.59 Å². The molecule has 0 unspecified atom stereocenters. The second-order valence-electron chi connectivity index (χ2n) is 5.24. The van der Waals surface area contributed by atoms with E-state index in [1.807, 2.05) is 0 Å². The number of hydrogen-bond acceptors (Lipinski definition) is 4. The molecule has 1 aromatic carbocycles. The molecule has 6 heteroatoms. The number of carbonyl (C=O) groups is 2. The SMILES string of the molecule is COc1ccc(NC(=O)CN2CCCCCC2=O)c(OC)c1. The van der Waals surface area contributed by atoms with Crippen molar-refractivity contribution >= 4 is 17.5 Å². The van der Waals surface area contributed by atoms with Crippen molar-refractivity contribution in [3.05, 3.63) is 18.2 Å². The number of methoxy groups -OCH3 is 2. The molecule has 1 fully saturated rings. The van der Waals surface area contributed by atoms with Crippen molar-refractivity contribution in [2.24, 2.45) is 0 Å². The quantitative estimate of drug-likeness (QED) is 0.904. The second-order valence-corrected chi connectivity index (χ2v) is 5.24. The molecule has 0 aromatic heterocycles. The fraction of sp³-hybridized carbons (Fsp3) is 0.500. The van der Waals surface area contributed by atoms with Gasteiger partial charge in [-0.25, -0.2) is 0 Å². The minimum atomic E-state index is -0.223. The molecule has 0 aliphatic carbocycles. The molecule has 1 aliphatic rings. The summed E-state index contributed by atoms with van der Waals surface area (Å²) in [5.41, 5.74) is 0.565. The van der Waals surface area contributed by atoms with Crippen LogP contribution in [0.3, 0.4) is 0 Å². The van der Waals surface area contributed by atoms with Gasteiger partial charge in [0.05, 0.1) is 26.5 Å². The fourth-order valence-corrected chi connectivity index (χ4v) is 2.47. The van der Waals surface area contributed by atoms with E-state index in [9.17, 15) is 9.59 Å². The third-order valence-corrected chi connectivity index (χ3v) is 3.69. The highest BCUT2D eigenvalue weighted by atomic mass is 16.5. The number of nitrogens with zero attached hydrogens (tertiary/aromatic N) is 1. The maximum absolute atomic E-state index is 12.2. The van der Waals surface area contributed by atoms with Crippen LogP contribution in [-0.2, 0) is 9.59 Å². The van der Waals surface area contributed by atoms with E-state index in [0.29, 0.717) is 30.2 Å². The summed E-state index contributed by atoms with van der Waals surface area (Å²) in [6, 6.07) is 5.17. The van der Waals surface area contributed by atoms with E-state index in [2.05, 4.69) is 5.32 Å². The lowest BCUT2D eigenvalue weighted by Crippen LogP contribution is -2.37. The normalized spacial score (nSPS) is 15.2. The van der Waals surface area contributed by atoms with Crippen LogP contribution in [0.4, 0.5) is 5.69 Å². The lowest BCUT2D eigenvalue weighted by molar-refractivity contribution is -0.134. The van der Waals surface area contributed by atoms with Crippen LogP contribution in [0.5, 0.6) is 11.5 Å². The van der Waals surface area contributed by atoms with Gasteiger partial charge in [-0.1, -0.05) is 6.42 Å². The van der Waals surface area contributed by atoms with Crippen molar-refractivity contribution in [2.75, 3.05) is 32.6 Å². The Labute approximate surface area is 130 Å². The molecule has 1 aromatic rings. The van der Waals surface area contributed by atoms with Crippen LogP contribution in [0, 0.1) is 0 Å². The van der Waals surface area contributed by atoms with Crippen LogP contribution in [0.1, 0.15) is 25.7 Å². The molecule has 0 atom stereocenters. The summed E-state index contributed by atoms with van der Waals surface area (Å²) >= 11 is 0. The molecule has 6 nitrogen and oxygen atoms in total. The predicted molar refractivity (Wildman–Crippen MR) is 83.2 cm³/mol. The number of anilines is 1. The van der Waals surface area contributed by atoms with Crippen LogP contribution >= 0.6 is 0 Å². The molecule has 22 heavy (non-hydrogen) atoms. The van der Waals surface area contributed by atoms with Gasteiger partial charge < -0.3 is 19.7 Å². The lowest BCUT2D eigenvalue weighted by Gasteiger charge is -2.20. The Morgan fingerprint density at radius 3 is 2.77 bits per heavy atom. The van der Waals surface area contributed by atoms with E-state index in [0.717, 1.165) is 19.3 Å². The molecule has 120 valence electrons. The van der Waals surface area contributed by atoms with Gasteiger partial charge in [-0.05, 0) is 25.0 Å². The number of likely N-dealkylation sites (tertiary alicyclic amines) is 1. The van der Waals surface area contributed by atoms with Gasteiger partial charge in [0.25, 0.3) is 0 Å². The number of benzene rings is 1. The summed E-state index contributed by atoms with van der Waals surface area (Å²) in [6.07, 6.45) is 3.42. The number of rotatable bonds is 5. The summed E-state index contributed by atoms with van der Waals surface area (Å²) in [6.45, 7) is 0.722. The van der Waals surface area contributed by atoms with Gasteiger partial charge >= 0.3 is 0 Å². The number of ether oxygens (including phenoxy) is 2. The van der Waals surface area contributed by atoms with Gasteiger partial charge in [0, 0.05) is 19.0 Å². The molecule has 1 saturated heterocycles. The smallest absolute Gasteiger partial charge is 0.244 e. The summed E-state index contributed by atoms with van der Waals surface area (Å²) in [7, 11) is 3.10. The lowest BCUT2D eigenvalue weighted by atomic mass is 10.2. The molecular weight excluding hydrogens is 284 g/mol. The van der Waals surface area contributed by atoms with Gasteiger partial charge in [0.15, 0.2) is 0 Å². The monoisotopic (exact) mass is 306 g/mol. The molecule has 0 spiro atoms. The number of nitrogens with one attached hydrogen (secondary N) is 1. The predicted octanol–water partition coefficient (Wildman–Crippen LogP) is 2.04. The minimum absolute atomic E-state index is 0.0503. The molecule has 0 radical (unpaired) electrons. The summed E-state index contributed by atoms with van der Waals surface area (Å²) in [5, 5.41) is 2.79. The highest BCUT2D eigenvalue weighted by Crippen LogP contribution is 2.29. The van der Waals surface area contributed by atoms with E-state index in [1.165, 1.54) is 7.11 Å². The molecule has 0 bridgehead atoms. The highest BCUT2D eigenvalue weighted by molar-refractivity contribution is 5.95. The largest absolute Gasteiger partial charge is 0.497 e. The topological polar surface area (TPSA) is 67.9 Å². The first kappa shape index (κ1) is 16.1. The molecular formula is C16H22N2O4. The average Bonchev–Trinajstić information content (AvgIpc) is 2.72. The molecule has 0 saturated carbocycles. The Hall–Kier alpha value is -2.24. The Kier molecular flexibility index (Phi) is 5.63. The van der Waals surface area contributed by atoms with Crippen molar-refractivity contribution in [1.82, 2.24) is 4.90 Å². The minimum Gasteiger partial charge on any atom is -0.497 e. The zero-order valence-electron chi connectivity index (χ0n) is 13.1. The summed E-state index contributed by atoms with van der Waals surface area (Å²) < 4.78 is 10.4. The first-order valence-corrected chi connectivity index (χ1v) is 7.43. The third-order valence-electron chi connectivity index (χ3n) is 3.69. The van der Waals surface area contributed by atoms with Crippen molar-refractivity contribution in [3.63, 3.8) is 0 Å². The Bertz CT molecular complexity index is 545. The molecule has 2 rings (SSSR count). The van der Waals surface area contributed by atoms with Crippen LogP contribution in [0.15, 0.2) is 18.2 Å². The van der Waals surface area contributed by atoms with Crippen LogP contribution in [0.2, 0.25) is 0 Å². The fourth-order valence-electron chi connectivity index (χ4n) is 2.47. The van der Waals surface area contributed by atoms with E-state index < -0.39 is 0 Å². The second kappa shape index (κ2) is 7.68. The summed E-state index contributed by atoms with van der Waals surface area (Å²) in [5.74, 6) is 1.00. The first-order chi connectivity index (χ1) is 10.6. The third kappa shape index (κ3) is 4.13. The zero-order chi connectivity index (χ0) is 15.9. The standard InChI is InChI=1S/C16H22N2O4/c1-21-12-7-8-13(14(10-12)22-2)17-15(19)11-18-9-5-3-4-6-16(18)20/h7-8,10H,3-6,9,11H2,1-2H3,(H,17,19). The van der Waals surface area contributed by atoms with E-state index in [1.54, 1.807) is 30.2 Å². The Morgan fingerprint density at radius 1 is 1.23 bits per heavy atom. The van der Waals surface area contributed by atoms with E-state index in [-0.39, 0.29) is 18.4 Å². The van der Waals surface area contributed by atoms with Crippen molar-refractivity contribution in [2.45, 2.75) is 25.7 Å². The first-order valence-electron chi connectivity index (χ1n) is 7.43. The molecule has 1 N–H and O–H groups in total. The van der Waals surface area contributed by atoms with Crippen molar-refractivity contribution in [1.29, 1.82) is 0 Å². The van der Waals surface area contributed by atoms with Gasteiger partial charge in [-0.15, -0.1) is 0 Å². The maximum Gasteiger partial charge on any atom is 0.244 e. The number of hydrogen-bond donors (Lipinski definition) is 1. The highest BCUT2D eigenvalue weighted by Gasteiger charge is 2.19. The number of amides is 2.